The second-order valence-electron chi connectivity index (χ2n) is 8.41. The minimum atomic E-state index is -0.352. The van der Waals surface area contributed by atoms with Crippen molar-refractivity contribution in [2.45, 2.75) is 33.6 Å². The molecule has 2 aliphatic carbocycles. The molecule has 2 atom stereocenters. The molecule has 1 aromatic heterocycles. The van der Waals surface area contributed by atoms with Gasteiger partial charge in [0.1, 0.15) is 0 Å². The van der Waals surface area contributed by atoms with Crippen molar-refractivity contribution in [3.05, 3.63) is 57.7 Å². The predicted octanol–water partition coefficient (Wildman–Crippen LogP) is 5.65. The van der Waals surface area contributed by atoms with E-state index in [1.165, 1.54) is 0 Å². The zero-order valence-electron chi connectivity index (χ0n) is 16.0. The highest BCUT2D eigenvalue weighted by Gasteiger charge is 2.66. The van der Waals surface area contributed by atoms with Crippen LogP contribution in [-0.4, -0.2) is 11.6 Å². The third-order valence-corrected chi connectivity index (χ3v) is 8.19. The summed E-state index contributed by atoms with van der Waals surface area (Å²) in [5, 5.41) is 2.07. The molecule has 3 aromatic rings. The van der Waals surface area contributed by atoms with Crippen LogP contribution in [0.15, 0.2) is 47.3 Å². The van der Waals surface area contributed by atoms with E-state index in [1.54, 1.807) is 17.4 Å². The second kappa shape index (κ2) is 6.50. The summed E-state index contributed by atoms with van der Waals surface area (Å²) in [6, 6.07) is 13.1. The summed E-state index contributed by atoms with van der Waals surface area (Å²) < 4.78 is 2.00. The van der Waals surface area contributed by atoms with Gasteiger partial charge in [-0.05, 0) is 48.6 Å². The Balaban J connectivity index is 0.000000143. The summed E-state index contributed by atoms with van der Waals surface area (Å²) in [5.41, 5.74) is -0.387. The average Bonchev–Trinajstić information content (AvgIpc) is 2.97. The predicted molar refractivity (Wildman–Crippen MR) is 115 cm³/mol. The molecule has 2 unspecified atom stereocenters. The van der Waals surface area contributed by atoms with Crippen molar-refractivity contribution in [1.82, 2.24) is 0 Å². The van der Waals surface area contributed by atoms with E-state index in [0.717, 1.165) is 27.6 Å². The van der Waals surface area contributed by atoms with E-state index < -0.39 is 0 Å². The number of carbonyl (C=O) groups excluding carboxylic acids is 2. The number of fused-ring (bicyclic) bond motifs is 4. The Hall–Kier alpha value is -2.04. The summed E-state index contributed by atoms with van der Waals surface area (Å²) in [6.45, 7) is 6.04. The average molecular weight is 413 g/mol. The molecule has 144 valence electrons. The monoisotopic (exact) mass is 412 g/mol. The molecule has 3 nitrogen and oxygen atoms in total. The Kier molecular flexibility index (Phi) is 4.48. The maximum atomic E-state index is 12.2. The molecule has 2 aromatic carbocycles. The Labute approximate surface area is 172 Å². The minimum Gasteiger partial charge on any atom is -0.291 e. The van der Waals surface area contributed by atoms with Crippen molar-refractivity contribution < 1.29 is 9.59 Å². The second-order valence-corrected chi connectivity index (χ2v) is 9.93. The summed E-state index contributed by atoms with van der Waals surface area (Å²) in [5.74, 6) is -0.229. The van der Waals surface area contributed by atoms with Gasteiger partial charge in [0.2, 0.25) is 11.6 Å². The van der Waals surface area contributed by atoms with Crippen molar-refractivity contribution in [3.8, 4) is 0 Å². The van der Waals surface area contributed by atoms with Crippen LogP contribution in [0.3, 0.4) is 0 Å². The lowest BCUT2D eigenvalue weighted by Gasteiger charge is -2.31. The fourth-order valence-electron chi connectivity index (χ4n) is 4.57. The van der Waals surface area contributed by atoms with Gasteiger partial charge in [-0.1, -0.05) is 44.5 Å². The Morgan fingerprint density at radius 1 is 0.964 bits per heavy atom. The lowest BCUT2D eigenvalue weighted by atomic mass is 9.70. The number of benzene rings is 2. The van der Waals surface area contributed by atoms with E-state index in [0.29, 0.717) is 10.4 Å². The fourth-order valence-corrected chi connectivity index (χ4v) is 5.80. The first kappa shape index (κ1) is 19.3. The Morgan fingerprint density at radius 2 is 1.64 bits per heavy atom. The first-order chi connectivity index (χ1) is 13.2. The molecule has 5 heteroatoms. The molecular weight excluding hydrogens is 392 g/mol. The first-order valence-electron chi connectivity index (χ1n) is 9.36. The fraction of sp³-hybridized carbons (Fsp3) is 0.348. The largest absolute Gasteiger partial charge is 0.291 e. The summed E-state index contributed by atoms with van der Waals surface area (Å²) in [6.07, 6.45) is 1.81. The molecule has 0 N–H and O–H groups in total. The topological polar surface area (TPSA) is 51.2 Å². The minimum absolute atomic E-state index is 0.00926. The van der Waals surface area contributed by atoms with Gasteiger partial charge in [-0.2, -0.15) is 0 Å². The van der Waals surface area contributed by atoms with E-state index >= 15 is 0 Å². The van der Waals surface area contributed by atoms with E-state index in [-0.39, 0.29) is 33.7 Å². The normalized spacial score (nSPS) is 25.2. The van der Waals surface area contributed by atoms with Crippen LogP contribution < -0.4 is 5.43 Å². The van der Waals surface area contributed by atoms with Crippen LogP contribution >= 0.6 is 22.9 Å². The van der Waals surface area contributed by atoms with Crippen LogP contribution in [-0.2, 0) is 9.59 Å². The summed E-state index contributed by atoms with van der Waals surface area (Å²) in [7, 11) is 0. The first-order valence-corrected chi connectivity index (χ1v) is 10.6. The van der Waals surface area contributed by atoms with Crippen LogP contribution in [0.1, 0.15) is 33.6 Å². The molecule has 0 radical (unpaired) electrons. The number of hydrogen-bond acceptors (Lipinski definition) is 4. The molecule has 2 bridgehead atoms. The van der Waals surface area contributed by atoms with E-state index in [1.807, 2.05) is 57.2 Å². The third-order valence-electron chi connectivity index (χ3n) is 6.81. The number of Topliss-reactive ketones (excluding diaryl/α,β-unsaturated/α-hetero) is 2. The van der Waals surface area contributed by atoms with E-state index in [9.17, 15) is 14.4 Å². The van der Waals surface area contributed by atoms with Gasteiger partial charge in [-0.3, -0.25) is 14.4 Å². The number of halogens is 1. The maximum Gasteiger partial charge on any atom is 0.205 e. The lowest BCUT2D eigenvalue weighted by molar-refractivity contribution is -0.141. The van der Waals surface area contributed by atoms with Crippen LogP contribution in [0.2, 0.25) is 5.02 Å². The van der Waals surface area contributed by atoms with Crippen molar-refractivity contribution in [2.75, 3.05) is 0 Å². The number of ketones is 2. The smallest absolute Gasteiger partial charge is 0.205 e. The summed E-state index contributed by atoms with van der Waals surface area (Å²) in [4.78, 5) is 35.2. The molecule has 2 fully saturated rings. The molecule has 28 heavy (non-hydrogen) atoms. The molecule has 0 aliphatic heterocycles. The molecule has 5 rings (SSSR count). The zero-order chi connectivity index (χ0) is 20.3. The van der Waals surface area contributed by atoms with Gasteiger partial charge >= 0.3 is 0 Å². The van der Waals surface area contributed by atoms with Crippen LogP contribution in [0.5, 0.6) is 0 Å². The van der Waals surface area contributed by atoms with Crippen molar-refractivity contribution in [3.63, 3.8) is 0 Å². The van der Waals surface area contributed by atoms with Crippen molar-refractivity contribution >= 4 is 54.7 Å². The van der Waals surface area contributed by atoms with Crippen LogP contribution in [0.4, 0.5) is 0 Å². The van der Waals surface area contributed by atoms with E-state index in [4.69, 9.17) is 11.6 Å². The number of hydrogen-bond donors (Lipinski definition) is 0. The lowest BCUT2D eigenvalue weighted by Crippen LogP contribution is -2.33. The van der Waals surface area contributed by atoms with Gasteiger partial charge < -0.3 is 0 Å². The van der Waals surface area contributed by atoms with Gasteiger partial charge in [0.15, 0.2) is 5.43 Å². The summed E-state index contributed by atoms with van der Waals surface area (Å²) >= 11 is 7.52. The number of rotatable bonds is 0. The van der Waals surface area contributed by atoms with Gasteiger partial charge in [-0.15, -0.1) is 11.3 Å². The Morgan fingerprint density at radius 3 is 2.25 bits per heavy atom. The van der Waals surface area contributed by atoms with Crippen molar-refractivity contribution in [1.29, 1.82) is 0 Å². The quantitative estimate of drug-likeness (QED) is 0.354. The standard InChI is InChI=1S/C13H7ClOS.C10H14O2/c14-8-5-6-12-10(7-8)13(15)9-3-1-2-4-11(9)16-12;1-9(2)6-4-5-10(9,3)8(12)7(6)11/h1-7H;6H,4-5H2,1-3H3. The third kappa shape index (κ3) is 2.66. The molecule has 0 saturated heterocycles. The van der Waals surface area contributed by atoms with Crippen LogP contribution in [0.25, 0.3) is 20.2 Å². The SMILES string of the molecule is CC12CCC(C(=O)C1=O)C2(C)C.O=c1c2ccccc2sc2ccc(Cl)cc12. The molecule has 0 spiro atoms. The van der Waals surface area contributed by atoms with Crippen molar-refractivity contribution in [2.24, 2.45) is 16.7 Å². The highest BCUT2D eigenvalue weighted by molar-refractivity contribution is 7.24. The zero-order valence-corrected chi connectivity index (χ0v) is 17.6. The highest BCUT2D eigenvalue weighted by Crippen LogP contribution is 2.61. The van der Waals surface area contributed by atoms with Gasteiger partial charge in [-0.25, -0.2) is 0 Å². The number of carbonyl (C=O) groups is 2. The highest BCUT2D eigenvalue weighted by atomic mass is 35.5. The molecule has 2 saturated carbocycles. The molecular formula is C23H21ClO3S. The van der Waals surface area contributed by atoms with E-state index in [2.05, 4.69) is 0 Å². The van der Waals surface area contributed by atoms with Crippen LogP contribution in [0, 0.1) is 16.7 Å². The van der Waals surface area contributed by atoms with Gasteiger partial charge in [0.25, 0.3) is 0 Å². The molecule has 2 aliphatic rings. The Bertz CT molecular complexity index is 1190. The van der Waals surface area contributed by atoms with Gasteiger partial charge in [0, 0.05) is 36.5 Å². The van der Waals surface area contributed by atoms with Gasteiger partial charge in [0.05, 0.1) is 0 Å². The maximum absolute atomic E-state index is 12.2. The molecule has 0 amide bonds. The molecule has 1 heterocycles.